The monoisotopic (exact) mass is 251 g/mol. The van der Waals surface area contributed by atoms with Gasteiger partial charge < -0.3 is 10.4 Å². The van der Waals surface area contributed by atoms with E-state index in [2.05, 4.69) is 19.2 Å². The molecule has 0 saturated heterocycles. The molecule has 0 rings (SSSR count). The van der Waals surface area contributed by atoms with Crippen LogP contribution in [0.5, 0.6) is 0 Å². The van der Waals surface area contributed by atoms with Gasteiger partial charge in [0.1, 0.15) is 9.84 Å². The maximum absolute atomic E-state index is 11.2. The highest BCUT2D eigenvalue weighted by molar-refractivity contribution is 7.91. The molecule has 1 unspecified atom stereocenters. The molecular weight excluding hydrogens is 226 g/mol. The van der Waals surface area contributed by atoms with Crippen molar-refractivity contribution in [3.05, 3.63) is 0 Å². The van der Waals surface area contributed by atoms with E-state index in [-0.39, 0.29) is 24.2 Å². The van der Waals surface area contributed by atoms with E-state index in [0.29, 0.717) is 18.9 Å². The zero-order valence-corrected chi connectivity index (χ0v) is 11.4. The minimum Gasteiger partial charge on any atom is -0.395 e. The first kappa shape index (κ1) is 15.9. The highest BCUT2D eigenvalue weighted by Crippen LogP contribution is 2.04. The Bertz CT molecular complexity index is 262. The summed E-state index contributed by atoms with van der Waals surface area (Å²) in [6.07, 6.45) is 1.53. The second-order valence-corrected chi connectivity index (χ2v) is 7.03. The number of hydrogen-bond acceptors (Lipinski definition) is 4. The normalized spacial score (nSPS) is 14.3. The third kappa shape index (κ3) is 8.07. The lowest BCUT2D eigenvalue weighted by Crippen LogP contribution is -2.35. The number of hydrogen-bond donors (Lipinski definition) is 2. The Morgan fingerprint density at radius 1 is 1.31 bits per heavy atom. The first-order chi connectivity index (χ1) is 7.41. The maximum atomic E-state index is 11.2. The summed E-state index contributed by atoms with van der Waals surface area (Å²) >= 11 is 0. The number of rotatable bonds is 9. The summed E-state index contributed by atoms with van der Waals surface area (Å²) in [5.41, 5.74) is 0. The lowest BCUT2D eigenvalue weighted by Gasteiger charge is -2.18. The smallest absolute Gasteiger partial charge is 0.150 e. The fraction of sp³-hybridized carbons (Fsp3) is 1.00. The molecule has 1 atom stereocenters. The maximum Gasteiger partial charge on any atom is 0.150 e. The fourth-order valence-electron chi connectivity index (χ4n) is 1.53. The van der Waals surface area contributed by atoms with Gasteiger partial charge in [0.2, 0.25) is 0 Å². The van der Waals surface area contributed by atoms with E-state index in [1.807, 2.05) is 0 Å². The van der Waals surface area contributed by atoms with Crippen LogP contribution in [0.3, 0.4) is 0 Å². The largest absolute Gasteiger partial charge is 0.395 e. The minimum atomic E-state index is -2.85. The predicted molar refractivity (Wildman–Crippen MR) is 67.3 cm³/mol. The number of aliphatic hydroxyl groups is 1. The lowest BCUT2D eigenvalue weighted by atomic mass is 10.0. The molecule has 0 heterocycles. The predicted octanol–water partition coefficient (Wildman–Crippen LogP) is 0.808. The van der Waals surface area contributed by atoms with Gasteiger partial charge in [0.25, 0.3) is 0 Å². The molecule has 5 heteroatoms. The summed E-state index contributed by atoms with van der Waals surface area (Å²) in [5.74, 6) is 0.975. The Morgan fingerprint density at radius 3 is 2.38 bits per heavy atom. The number of nitrogens with one attached hydrogen (secondary N) is 1. The Kier molecular flexibility index (Phi) is 7.97. The van der Waals surface area contributed by atoms with Gasteiger partial charge in [-0.15, -0.1) is 0 Å². The Balaban J connectivity index is 3.71. The zero-order valence-electron chi connectivity index (χ0n) is 10.6. The minimum absolute atomic E-state index is 0.0873. The second-order valence-electron chi connectivity index (χ2n) is 4.55. The Morgan fingerprint density at radius 2 is 1.94 bits per heavy atom. The molecule has 16 heavy (non-hydrogen) atoms. The average molecular weight is 251 g/mol. The van der Waals surface area contributed by atoms with E-state index in [0.717, 1.165) is 6.42 Å². The van der Waals surface area contributed by atoms with E-state index in [1.54, 1.807) is 6.92 Å². The summed E-state index contributed by atoms with van der Waals surface area (Å²) < 4.78 is 22.4. The van der Waals surface area contributed by atoms with E-state index < -0.39 is 9.84 Å². The molecule has 0 saturated carbocycles. The number of aliphatic hydroxyl groups excluding tert-OH is 1. The van der Waals surface area contributed by atoms with Gasteiger partial charge in [-0.25, -0.2) is 8.42 Å². The van der Waals surface area contributed by atoms with Crippen molar-refractivity contribution in [2.24, 2.45) is 5.92 Å². The van der Waals surface area contributed by atoms with Gasteiger partial charge in [0, 0.05) is 11.8 Å². The first-order valence-corrected chi connectivity index (χ1v) is 7.78. The molecule has 2 N–H and O–H groups in total. The molecule has 0 radical (unpaired) electrons. The molecule has 0 aliphatic rings. The van der Waals surface area contributed by atoms with Crippen molar-refractivity contribution in [2.75, 3.05) is 24.7 Å². The Hall–Kier alpha value is -0.130. The van der Waals surface area contributed by atoms with Gasteiger partial charge in [-0.2, -0.15) is 0 Å². The van der Waals surface area contributed by atoms with Gasteiger partial charge in [0.15, 0.2) is 0 Å². The van der Waals surface area contributed by atoms with Crippen LogP contribution in [0, 0.1) is 5.92 Å². The highest BCUT2D eigenvalue weighted by atomic mass is 32.2. The molecule has 0 aromatic heterocycles. The first-order valence-electron chi connectivity index (χ1n) is 5.96. The van der Waals surface area contributed by atoms with Crippen LogP contribution in [0.25, 0.3) is 0 Å². The molecule has 0 aliphatic carbocycles. The van der Waals surface area contributed by atoms with Crippen molar-refractivity contribution in [3.63, 3.8) is 0 Å². The van der Waals surface area contributed by atoms with E-state index in [9.17, 15) is 8.42 Å². The van der Waals surface area contributed by atoms with Crippen LogP contribution in [0.15, 0.2) is 0 Å². The molecule has 0 aromatic rings. The van der Waals surface area contributed by atoms with Crippen LogP contribution in [0.4, 0.5) is 0 Å². The lowest BCUT2D eigenvalue weighted by molar-refractivity contribution is 0.225. The molecule has 0 aromatic carbocycles. The van der Waals surface area contributed by atoms with Crippen molar-refractivity contribution < 1.29 is 13.5 Å². The Labute approximate surface area is 99.4 Å². The fourth-order valence-corrected chi connectivity index (χ4v) is 2.41. The quantitative estimate of drug-likeness (QED) is 0.595. The molecule has 0 fully saturated rings. The van der Waals surface area contributed by atoms with E-state index in [1.165, 1.54) is 0 Å². The summed E-state index contributed by atoms with van der Waals surface area (Å²) in [6, 6.07) is 0.0873. The van der Waals surface area contributed by atoms with Gasteiger partial charge >= 0.3 is 0 Å². The van der Waals surface area contributed by atoms with Crippen molar-refractivity contribution in [1.29, 1.82) is 0 Å². The van der Waals surface area contributed by atoms with E-state index in [4.69, 9.17) is 5.11 Å². The van der Waals surface area contributed by atoms with Crippen molar-refractivity contribution in [2.45, 2.75) is 39.7 Å². The molecule has 0 bridgehead atoms. The van der Waals surface area contributed by atoms with Crippen LogP contribution in [0.2, 0.25) is 0 Å². The van der Waals surface area contributed by atoms with Crippen LogP contribution in [0.1, 0.15) is 33.6 Å². The SMILES string of the molecule is CCS(=O)(=O)CCCNC(CO)CC(C)C. The van der Waals surface area contributed by atoms with Crippen LogP contribution in [-0.2, 0) is 9.84 Å². The van der Waals surface area contributed by atoms with Crippen LogP contribution in [-0.4, -0.2) is 44.2 Å². The summed E-state index contributed by atoms with van der Waals surface area (Å²) in [6.45, 7) is 6.63. The zero-order chi connectivity index (χ0) is 12.6. The topological polar surface area (TPSA) is 66.4 Å². The third-order valence-corrected chi connectivity index (χ3v) is 4.27. The van der Waals surface area contributed by atoms with Crippen molar-refractivity contribution in [3.8, 4) is 0 Å². The average Bonchev–Trinajstić information content (AvgIpc) is 2.22. The van der Waals surface area contributed by atoms with E-state index >= 15 is 0 Å². The third-order valence-electron chi connectivity index (χ3n) is 2.48. The summed E-state index contributed by atoms with van der Waals surface area (Å²) in [7, 11) is -2.85. The van der Waals surface area contributed by atoms with Gasteiger partial charge in [-0.05, 0) is 25.3 Å². The molecular formula is C11H25NO3S. The van der Waals surface area contributed by atoms with Crippen LogP contribution < -0.4 is 5.32 Å². The standard InChI is InChI=1S/C11H25NO3S/c1-4-16(14,15)7-5-6-12-11(9-13)8-10(2)3/h10-13H,4-9H2,1-3H3. The summed E-state index contributed by atoms with van der Waals surface area (Å²) in [4.78, 5) is 0. The molecule has 0 aliphatic heterocycles. The van der Waals surface area contributed by atoms with Crippen molar-refractivity contribution in [1.82, 2.24) is 5.32 Å². The van der Waals surface area contributed by atoms with Gasteiger partial charge in [0.05, 0.1) is 12.4 Å². The van der Waals surface area contributed by atoms with Gasteiger partial charge in [-0.1, -0.05) is 20.8 Å². The second kappa shape index (κ2) is 8.03. The molecule has 98 valence electrons. The van der Waals surface area contributed by atoms with Crippen molar-refractivity contribution >= 4 is 9.84 Å². The molecule has 0 amide bonds. The number of sulfone groups is 1. The molecule has 4 nitrogen and oxygen atoms in total. The summed E-state index contributed by atoms with van der Waals surface area (Å²) in [5, 5.41) is 12.3. The highest BCUT2D eigenvalue weighted by Gasteiger charge is 2.10. The van der Waals surface area contributed by atoms with Crippen LogP contribution >= 0.6 is 0 Å². The molecule has 0 spiro atoms. The van der Waals surface area contributed by atoms with Gasteiger partial charge in [-0.3, -0.25) is 0 Å².